The standard InChI is InChI=1S/C32H43BrN7O4P/c1-7-20-14-25(28(42-4)15-26(20)39-12-10-21(11-13-39)40-17-22(18-40)38(2)3)36-32-34-16-23(33)31(37-32)35-24-8-9-27-29(44-19-43-27)30(24)45(5,6)41/h8-9,14-16,21-22H,7,10-13,17-19H2,1-6H3,(H2,34,35,36,37). The molecule has 0 spiro atoms. The molecule has 0 amide bonds. The van der Waals surface area contributed by atoms with Gasteiger partial charge in [0.25, 0.3) is 0 Å². The van der Waals surface area contributed by atoms with E-state index in [-0.39, 0.29) is 6.79 Å². The summed E-state index contributed by atoms with van der Waals surface area (Å²) in [7, 11) is 3.31. The molecule has 2 fully saturated rings. The van der Waals surface area contributed by atoms with Crippen molar-refractivity contribution in [3.05, 3.63) is 40.5 Å². The van der Waals surface area contributed by atoms with Gasteiger partial charge < -0.3 is 39.2 Å². The Bertz CT molecular complexity index is 1600. The van der Waals surface area contributed by atoms with E-state index in [1.165, 1.54) is 37.2 Å². The molecule has 6 rings (SSSR count). The molecule has 0 bridgehead atoms. The number of fused-ring (bicyclic) bond motifs is 1. The summed E-state index contributed by atoms with van der Waals surface area (Å²) in [4.78, 5) is 16.8. The Labute approximate surface area is 274 Å². The molecule has 3 aliphatic heterocycles. The fourth-order valence-electron chi connectivity index (χ4n) is 6.40. The Morgan fingerprint density at radius 1 is 1.11 bits per heavy atom. The van der Waals surface area contributed by atoms with E-state index >= 15 is 0 Å². The first-order valence-electron chi connectivity index (χ1n) is 15.5. The fourth-order valence-corrected chi connectivity index (χ4v) is 8.06. The normalized spacial score (nSPS) is 17.5. The summed E-state index contributed by atoms with van der Waals surface area (Å²) < 4.78 is 31.1. The van der Waals surface area contributed by atoms with Crippen LogP contribution in [0.4, 0.5) is 28.8 Å². The van der Waals surface area contributed by atoms with Gasteiger partial charge in [-0.05, 0) is 86.4 Å². The van der Waals surface area contributed by atoms with Crippen LogP contribution in [0.2, 0.25) is 0 Å². The van der Waals surface area contributed by atoms with Gasteiger partial charge in [-0.1, -0.05) is 6.92 Å². The van der Waals surface area contributed by atoms with Crippen molar-refractivity contribution in [2.45, 2.75) is 38.3 Å². The molecular weight excluding hydrogens is 657 g/mol. The minimum Gasteiger partial charge on any atom is -0.494 e. The molecule has 0 aliphatic carbocycles. The minimum absolute atomic E-state index is 0.103. The number of hydrogen-bond donors (Lipinski definition) is 2. The van der Waals surface area contributed by atoms with Crippen molar-refractivity contribution in [3.8, 4) is 17.2 Å². The third-order valence-electron chi connectivity index (χ3n) is 9.02. The summed E-state index contributed by atoms with van der Waals surface area (Å²) in [6.45, 7) is 10.1. The van der Waals surface area contributed by atoms with Gasteiger partial charge in [0.05, 0.1) is 28.3 Å². The molecule has 242 valence electrons. The van der Waals surface area contributed by atoms with Gasteiger partial charge in [-0.25, -0.2) is 4.98 Å². The van der Waals surface area contributed by atoms with E-state index in [4.69, 9.17) is 19.2 Å². The Kier molecular flexibility index (Phi) is 9.21. The molecule has 0 unspecified atom stereocenters. The number of nitrogens with zero attached hydrogens (tertiary/aromatic N) is 5. The number of halogens is 1. The number of nitrogens with one attached hydrogen (secondary N) is 2. The van der Waals surface area contributed by atoms with E-state index < -0.39 is 7.14 Å². The van der Waals surface area contributed by atoms with Crippen LogP contribution in [0, 0.1) is 0 Å². The number of benzene rings is 2. The van der Waals surface area contributed by atoms with E-state index in [0.29, 0.717) is 50.8 Å². The van der Waals surface area contributed by atoms with Crippen LogP contribution in [0.5, 0.6) is 17.2 Å². The zero-order valence-corrected chi connectivity index (χ0v) is 29.4. The topological polar surface area (TPSA) is 104 Å². The molecule has 13 heteroatoms. The lowest BCUT2D eigenvalue weighted by Crippen LogP contribution is -2.62. The van der Waals surface area contributed by atoms with Crippen LogP contribution in [0.25, 0.3) is 0 Å². The fraction of sp³-hybridized carbons (Fsp3) is 0.500. The lowest BCUT2D eigenvalue weighted by molar-refractivity contribution is 0.0188. The van der Waals surface area contributed by atoms with Crippen LogP contribution in [0.3, 0.4) is 0 Å². The van der Waals surface area contributed by atoms with E-state index in [2.05, 4.69) is 79.4 Å². The van der Waals surface area contributed by atoms with Crippen molar-refractivity contribution in [2.24, 2.45) is 0 Å². The zero-order chi connectivity index (χ0) is 31.9. The molecule has 11 nitrogen and oxygen atoms in total. The number of aromatic nitrogens is 2. The predicted molar refractivity (Wildman–Crippen MR) is 185 cm³/mol. The molecule has 0 atom stereocenters. The molecule has 2 aromatic carbocycles. The summed E-state index contributed by atoms with van der Waals surface area (Å²) >= 11 is 3.57. The van der Waals surface area contributed by atoms with Crippen molar-refractivity contribution < 1.29 is 18.8 Å². The quantitative estimate of drug-likeness (QED) is 0.263. The van der Waals surface area contributed by atoms with Crippen LogP contribution < -0.4 is 35.0 Å². The van der Waals surface area contributed by atoms with Gasteiger partial charge in [0, 0.05) is 56.2 Å². The highest BCUT2D eigenvalue weighted by Crippen LogP contribution is 2.47. The Balaban J connectivity index is 1.20. The van der Waals surface area contributed by atoms with Gasteiger partial charge in [-0.2, -0.15) is 4.98 Å². The van der Waals surface area contributed by atoms with E-state index in [0.717, 1.165) is 30.9 Å². The number of rotatable bonds is 10. The molecule has 3 aromatic rings. The monoisotopic (exact) mass is 699 g/mol. The highest BCUT2D eigenvalue weighted by atomic mass is 79.9. The number of methoxy groups -OCH3 is 1. The first-order valence-corrected chi connectivity index (χ1v) is 18.9. The SMILES string of the molecule is CCc1cc(Nc2ncc(Br)c(Nc3ccc4c(c3P(C)(C)=O)OCO4)n2)c(OC)cc1N1CCC(N2CC(N(C)C)C2)CC1. The summed E-state index contributed by atoms with van der Waals surface area (Å²) in [5.41, 5.74) is 3.91. The molecule has 0 radical (unpaired) electrons. The number of piperidine rings is 1. The van der Waals surface area contributed by atoms with Crippen LogP contribution in [-0.4, -0.2) is 99.4 Å². The summed E-state index contributed by atoms with van der Waals surface area (Å²) in [6, 6.07) is 9.29. The first kappa shape index (κ1) is 31.9. The maximum Gasteiger partial charge on any atom is 0.231 e. The predicted octanol–water partition coefficient (Wildman–Crippen LogP) is 5.49. The molecule has 2 N–H and O–H groups in total. The molecule has 2 saturated heterocycles. The Morgan fingerprint density at radius 3 is 2.53 bits per heavy atom. The van der Waals surface area contributed by atoms with E-state index in [1.54, 1.807) is 26.6 Å². The summed E-state index contributed by atoms with van der Waals surface area (Å²) in [5.74, 6) is 2.76. The van der Waals surface area contributed by atoms with Gasteiger partial charge in [0.1, 0.15) is 18.7 Å². The second kappa shape index (κ2) is 13.0. The number of likely N-dealkylation sites (N-methyl/N-ethyl adjacent to an activating group) is 1. The van der Waals surface area contributed by atoms with Gasteiger partial charge >= 0.3 is 0 Å². The largest absolute Gasteiger partial charge is 0.494 e. The van der Waals surface area contributed by atoms with Gasteiger partial charge in [-0.3, -0.25) is 4.90 Å². The number of likely N-dealkylation sites (tertiary alicyclic amines) is 1. The van der Waals surface area contributed by atoms with Crippen LogP contribution in [0.15, 0.2) is 34.9 Å². The molecule has 0 saturated carbocycles. The number of ether oxygens (including phenoxy) is 3. The van der Waals surface area contributed by atoms with Crippen molar-refractivity contribution in [3.63, 3.8) is 0 Å². The minimum atomic E-state index is -2.73. The Morgan fingerprint density at radius 2 is 1.87 bits per heavy atom. The second-order valence-corrected chi connectivity index (χ2v) is 16.5. The van der Waals surface area contributed by atoms with Crippen LogP contribution in [0.1, 0.15) is 25.3 Å². The highest BCUT2D eigenvalue weighted by molar-refractivity contribution is 9.10. The van der Waals surface area contributed by atoms with Crippen LogP contribution >= 0.6 is 23.1 Å². The Hall–Kier alpha value is -3.05. The smallest absolute Gasteiger partial charge is 0.231 e. The van der Waals surface area contributed by atoms with Crippen LogP contribution in [-0.2, 0) is 11.0 Å². The first-order chi connectivity index (χ1) is 21.5. The lowest BCUT2D eigenvalue weighted by Gasteiger charge is -2.49. The molecule has 45 heavy (non-hydrogen) atoms. The van der Waals surface area contributed by atoms with E-state index in [1.807, 2.05) is 12.1 Å². The van der Waals surface area contributed by atoms with Crippen molar-refractivity contribution in [1.82, 2.24) is 19.8 Å². The molecule has 4 heterocycles. The maximum atomic E-state index is 13.3. The summed E-state index contributed by atoms with van der Waals surface area (Å²) in [5, 5.41) is 7.32. The zero-order valence-electron chi connectivity index (χ0n) is 26.9. The second-order valence-electron chi connectivity index (χ2n) is 12.5. The average molecular weight is 701 g/mol. The highest BCUT2D eigenvalue weighted by Gasteiger charge is 2.35. The van der Waals surface area contributed by atoms with Gasteiger partial charge in [0.2, 0.25) is 12.7 Å². The van der Waals surface area contributed by atoms with Gasteiger partial charge in [0.15, 0.2) is 11.5 Å². The van der Waals surface area contributed by atoms with Crippen molar-refractivity contribution in [2.75, 3.05) is 83.0 Å². The summed E-state index contributed by atoms with van der Waals surface area (Å²) in [6.07, 6.45) is 4.92. The lowest BCUT2D eigenvalue weighted by atomic mass is 9.96. The van der Waals surface area contributed by atoms with Crippen molar-refractivity contribution in [1.29, 1.82) is 0 Å². The van der Waals surface area contributed by atoms with Gasteiger partial charge in [-0.15, -0.1) is 0 Å². The molecule has 1 aromatic heterocycles. The number of hydrogen-bond acceptors (Lipinski definition) is 11. The number of anilines is 5. The molecule has 3 aliphatic rings. The molecular formula is C32H43BrN7O4P. The maximum absolute atomic E-state index is 13.3. The van der Waals surface area contributed by atoms with Crippen molar-refractivity contribution >= 4 is 57.2 Å². The third kappa shape index (κ3) is 6.61. The number of aryl methyl sites for hydroxylation is 1. The van der Waals surface area contributed by atoms with E-state index in [9.17, 15) is 4.57 Å². The third-order valence-corrected chi connectivity index (χ3v) is 11.1. The average Bonchev–Trinajstić information content (AvgIpc) is 3.46.